The van der Waals surface area contributed by atoms with Gasteiger partial charge in [-0.2, -0.15) is 0 Å². The SMILES string of the molecule is CCCCCCCCCCCCCCC(=O)OC[C@H](COP(=O)(O)OC[C@H](N)C(=O)O)OC(=O)CCC/C=C\C/C=C\C/C=C\C/C=C\CC[C@H](O)CC. The fourth-order valence-corrected chi connectivity index (χ4v) is 5.87. The van der Waals surface area contributed by atoms with Crippen LogP contribution in [0.2, 0.25) is 0 Å². The van der Waals surface area contributed by atoms with Gasteiger partial charge in [0.15, 0.2) is 6.10 Å². The molecule has 0 radical (unpaired) electrons. The van der Waals surface area contributed by atoms with Crippen LogP contribution in [0.5, 0.6) is 0 Å². The van der Waals surface area contributed by atoms with Gasteiger partial charge < -0.3 is 30.3 Å². The highest BCUT2D eigenvalue weighted by Crippen LogP contribution is 2.43. The molecule has 4 atom stereocenters. The Balaban J connectivity index is 4.52. The molecule has 1 unspecified atom stereocenters. The molecule has 0 fully saturated rings. The summed E-state index contributed by atoms with van der Waals surface area (Å²) in [5, 5.41) is 18.4. The second-order valence-electron chi connectivity index (χ2n) is 13.6. The number of nitrogens with two attached hydrogens (primary N) is 1. The Labute approximate surface area is 325 Å². The maximum Gasteiger partial charge on any atom is 0.472 e. The average Bonchev–Trinajstić information content (AvgIpc) is 3.14. The molecule has 54 heavy (non-hydrogen) atoms. The highest BCUT2D eigenvalue weighted by atomic mass is 31.2. The minimum absolute atomic E-state index is 0.0721. The normalized spacial score (nSPS) is 14.9. The Hall–Kier alpha value is -2.60. The monoisotopic (exact) mass is 785 g/mol. The van der Waals surface area contributed by atoms with Crippen LogP contribution in [0.1, 0.15) is 155 Å². The lowest BCUT2D eigenvalue weighted by atomic mass is 10.0. The maximum atomic E-state index is 12.6. The Kier molecular flexibility index (Phi) is 34.3. The number of unbranched alkanes of at least 4 members (excludes halogenated alkanes) is 12. The van der Waals surface area contributed by atoms with Gasteiger partial charge in [-0.1, -0.05) is 133 Å². The summed E-state index contributed by atoms with van der Waals surface area (Å²) < 4.78 is 32.5. The maximum absolute atomic E-state index is 12.6. The number of esters is 2. The summed E-state index contributed by atoms with van der Waals surface area (Å²) in [4.78, 5) is 45.8. The number of phosphoric acid groups is 1. The second-order valence-corrected chi connectivity index (χ2v) is 15.0. The molecule has 0 spiro atoms. The van der Waals surface area contributed by atoms with E-state index in [9.17, 15) is 28.9 Å². The number of allylic oxidation sites excluding steroid dienone is 8. The van der Waals surface area contributed by atoms with Crippen LogP contribution in [-0.2, 0) is 37.5 Å². The van der Waals surface area contributed by atoms with Crippen LogP contribution in [0, 0.1) is 0 Å². The first-order valence-corrected chi connectivity index (χ1v) is 21.7. The van der Waals surface area contributed by atoms with Crippen LogP contribution in [0.15, 0.2) is 48.6 Å². The number of phosphoric ester groups is 1. The van der Waals surface area contributed by atoms with E-state index in [1.54, 1.807) is 0 Å². The van der Waals surface area contributed by atoms with Gasteiger partial charge >= 0.3 is 25.7 Å². The first kappa shape index (κ1) is 51.4. The van der Waals surface area contributed by atoms with Gasteiger partial charge in [-0.3, -0.25) is 23.4 Å². The zero-order valence-corrected chi connectivity index (χ0v) is 34.1. The van der Waals surface area contributed by atoms with Crippen molar-refractivity contribution in [3.63, 3.8) is 0 Å². The lowest BCUT2D eigenvalue weighted by Gasteiger charge is -2.20. The summed E-state index contributed by atoms with van der Waals surface area (Å²) in [6.07, 6.45) is 35.6. The number of aliphatic carboxylic acids is 1. The topological polar surface area (TPSA) is 192 Å². The van der Waals surface area contributed by atoms with E-state index in [0.29, 0.717) is 19.3 Å². The Bertz CT molecular complexity index is 1120. The van der Waals surface area contributed by atoms with Crippen molar-refractivity contribution < 1.29 is 52.6 Å². The summed E-state index contributed by atoms with van der Waals surface area (Å²) in [7, 11) is -4.73. The molecule has 0 aromatic heterocycles. The Morgan fingerprint density at radius 3 is 1.67 bits per heavy atom. The predicted octanol–water partition coefficient (Wildman–Crippen LogP) is 9.19. The number of rotatable bonds is 37. The van der Waals surface area contributed by atoms with Gasteiger partial charge in [0.1, 0.15) is 12.6 Å². The third-order valence-electron chi connectivity index (χ3n) is 8.49. The number of ether oxygens (including phenoxy) is 2. The van der Waals surface area contributed by atoms with Crippen LogP contribution in [0.25, 0.3) is 0 Å². The highest BCUT2D eigenvalue weighted by molar-refractivity contribution is 7.47. The van der Waals surface area contributed by atoms with Gasteiger partial charge in [0.2, 0.25) is 0 Å². The fourth-order valence-electron chi connectivity index (χ4n) is 5.10. The molecule has 0 amide bonds. The summed E-state index contributed by atoms with van der Waals surface area (Å²) >= 11 is 0. The van der Waals surface area contributed by atoms with Crippen molar-refractivity contribution in [3.05, 3.63) is 48.6 Å². The largest absolute Gasteiger partial charge is 0.480 e. The molecule has 5 N–H and O–H groups in total. The van der Waals surface area contributed by atoms with Gasteiger partial charge in [0.05, 0.1) is 19.3 Å². The third kappa shape index (κ3) is 35.1. The lowest BCUT2D eigenvalue weighted by molar-refractivity contribution is -0.161. The molecular formula is C41H72NO11P. The summed E-state index contributed by atoms with van der Waals surface area (Å²) in [5.41, 5.74) is 5.31. The molecule has 13 heteroatoms. The summed E-state index contributed by atoms with van der Waals surface area (Å²) in [5.74, 6) is -2.48. The predicted molar refractivity (Wildman–Crippen MR) is 214 cm³/mol. The van der Waals surface area contributed by atoms with Gasteiger partial charge in [-0.15, -0.1) is 0 Å². The Morgan fingerprint density at radius 1 is 0.648 bits per heavy atom. The van der Waals surface area contributed by atoms with Crippen LogP contribution in [0.3, 0.4) is 0 Å². The molecule has 0 heterocycles. The molecule has 12 nitrogen and oxygen atoms in total. The second kappa shape index (κ2) is 36.1. The molecule has 0 aliphatic carbocycles. The van der Waals surface area contributed by atoms with Crippen molar-refractivity contribution in [1.29, 1.82) is 0 Å². The summed E-state index contributed by atoms with van der Waals surface area (Å²) in [6.45, 7) is 2.44. The highest BCUT2D eigenvalue weighted by Gasteiger charge is 2.28. The van der Waals surface area contributed by atoms with E-state index >= 15 is 0 Å². The summed E-state index contributed by atoms with van der Waals surface area (Å²) in [6, 6.07) is -1.54. The molecule has 312 valence electrons. The Morgan fingerprint density at radius 2 is 1.13 bits per heavy atom. The minimum atomic E-state index is -4.73. The van der Waals surface area contributed by atoms with Gasteiger partial charge in [0.25, 0.3) is 0 Å². The molecule has 0 aliphatic rings. The first-order chi connectivity index (χ1) is 26.0. The van der Waals surface area contributed by atoms with Crippen molar-refractivity contribution in [2.45, 2.75) is 173 Å². The van der Waals surface area contributed by atoms with Gasteiger partial charge in [0, 0.05) is 12.8 Å². The standard InChI is InChI=1S/C41H72NO11P/c1-3-5-6-7-8-9-10-16-19-22-25-28-31-39(44)50-33-37(34-51-54(48,49)52-35-38(42)41(46)47)53-40(45)32-29-26-23-20-17-14-12-11-13-15-18-21-24-27-30-36(43)4-2/h12-15,20-21,23-24,36-38,43H,3-11,16-19,22,25-35,42H2,1-2H3,(H,46,47)(H,48,49)/b14-12-,15-13-,23-20-,24-21-/t36-,37-,38+/m1/s1. The zero-order chi connectivity index (χ0) is 40.1. The number of carboxylic acid groups (broad SMARTS) is 1. The van der Waals surface area contributed by atoms with E-state index in [0.717, 1.165) is 57.8 Å². The number of hydrogen-bond acceptors (Lipinski definition) is 10. The van der Waals surface area contributed by atoms with Crippen molar-refractivity contribution in [2.24, 2.45) is 5.73 Å². The van der Waals surface area contributed by atoms with Crippen molar-refractivity contribution in [1.82, 2.24) is 0 Å². The number of carbonyl (C=O) groups is 3. The number of aliphatic hydroxyl groups is 1. The number of carboxylic acids is 1. The minimum Gasteiger partial charge on any atom is -0.480 e. The molecule has 0 aromatic rings. The van der Waals surface area contributed by atoms with Crippen molar-refractivity contribution in [3.8, 4) is 0 Å². The van der Waals surface area contributed by atoms with Crippen LogP contribution >= 0.6 is 7.82 Å². The number of hydrogen-bond donors (Lipinski definition) is 4. The molecule has 0 aliphatic heterocycles. The van der Waals surface area contributed by atoms with Crippen LogP contribution in [-0.4, -0.2) is 71.1 Å². The first-order valence-electron chi connectivity index (χ1n) is 20.2. The van der Waals surface area contributed by atoms with E-state index in [1.165, 1.54) is 51.4 Å². The lowest BCUT2D eigenvalue weighted by Crippen LogP contribution is -2.34. The average molecular weight is 786 g/mol. The van der Waals surface area contributed by atoms with E-state index in [-0.39, 0.29) is 25.6 Å². The van der Waals surface area contributed by atoms with Gasteiger partial charge in [-0.05, 0) is 57.8 Å². The molecule has 0 bridgehead atoms. The van der Waals surface area contributed by atoms with Crippen molar-refractivity contribution >= 4 is 25.7 Å². The third-order valence-corrected chi connectivity index (χ3v) is 9.44. The molecule has 0 saturated carbocycles. The van der Waals surface area contributed by atoms with E-state index < -0.39 is 51.1 Å². The van der Waals surface area contributed by atoms with Crippen molar-refractivity contribution in [2.75, 3.05) is 19.8 Å². The zero-order valence-electron chi connectivity index (χ0n) is 33.2. The van der Waals surface area contributed by atoms with Crippen LogP contribution < -0.4 is 5.73 Å². The van der Waals surface area contributed by atoms with E-state index in [4.69, 9.17) is 24.8 Å². The van der Waals surface area contributed by atoms with Crippen LogP contribution in [0.4, 0.5) is 0 Å². The van der Waals surface area contributed by atoms with E-state index in [1.807, 2.05) is 19.1 Å². The number of carbonyl (C=O) groups excluding carboxylic acids is 2. The number of aliphatic hydroxyl groups excluding tert-OH is 1. The smallest absolute Gasteiger partial charge is 0.472 e. The quantitative estimate of drug-likeness (QED) is 0.0202. The molecule has 0 saturated heterocycles. The van der Waals surface area contributed by atoms with Gasteiger partial charge in [-0.25, -0.2) is 4.57 Å². The molecular weight excluding hydrogens is 713 g/mol. The van der Waals surface area contributed by atoms with E-state index in [2.05, 4.69) is 47.9 Å². The molecule has 0 aromatic carbocycles. The molecule has 0 rings (SSSR count). The fraction of sp³-hybridized carbons (Fsp3) is 0.732.